The number of carbonyl (C=O) groups is 2. The molecule has 108 valence electrons. The highest BCUT2D eigenvalue weighted by Gasteiger charge is 2.20. The van der Waals surface area contributed by atoms with Crippen LogP contribution in [0.5, 0.6) is 5.75 Å². The summed E-state index contributed by atoms with van der Waals surface area (Å²) in [5.41, 5.74) is 1.47. The maximum absolute atomic E-state index is 11.5. The van der Waals surface area contributed by atoms with E-state index >= 15 is 0 Å². The summed E-state index contributed by atoms with van der Waals surface area (Å²) in [5.74, 6) is -1.02. The number of aromatic hydroxyl groups is 1. The zero-order valence-corrected chi connectivity index (χ0v) is 11.2. The number of hydrogen-bond donors (Lipinski definition) is 4. The van der Waals surface area contributed by atoms with Gasteiger partial charge in [-0.3, -0.25) is 0 Å². The maximum atomic E-state index is 11.5. The molecule has 1 aromatic rings. The van der Waals surface area contributed by atoms with E-state index in [9.17, 15) is 9.59 Å². The molecule has 6 heteroatoms. The van der Waals surface area contributed by atoms with Gasteiger partial charge in [0, 0.05) is 13.0 Å². The van der Waals surface area contributed by atoms with Crippen molar-refractivity contribution in [1.29, 1.82) is 0 Å². The highest BCUT2D eigenvalue weighted by molar-refractivity contribution is 5.82. The van der Waals surface area contributed by atoms with Crippen molar-refractivity contribution in [2.45, 2.75) is 19.4 Å². The van der Waals surface area contributed by atoms with Crippen molar-refractivity contribution in [3.05, 3.63) is 42.0 Å². The molecule has 4 N–H and O–H groups in total. The lowest BCUT2D eigenvalue weighted by Gasteiger charge is -2.15. The molecule has 0 aliphatic rings. The van der Waals surface area contributed by atoms with Crippen LogP contribution in [0, 0.1) is 0 Å². The Kier molecular flexibility index (Phi) is 5.58. The van der Waals surface area contributed by atoms with E-state index in [2.05, 4.69) is 17.2 Å². The molecule has 0 radical (unpaired) electrons. The van der Waals surface area contributed by atoms with Crippen LogP contribution in [-0.4, -0.2) is 34.8 Å². The topological polar surface area (TPSA) is 98.7 Å². The van der Waals surface area contributed by atoms with Gasteiger partial charge < -0.3 is 20.8 Å². The maximum Gasteiger partial charge on any atom is 0.326 e. The molecular weight excluding hydrogens is 260 g/mol. The largest absolute Gasteiger partial charge is 0.508 e. The average Bonchev–Trinajstić information content (AvgIpc) is 2.38. The Morgan fingerprint density at radius 2 is 1.90 bits per heavy atom. The van der Waals surface area contributed by atoms with E-state index in [4.69, 9.17) is 10.2 Å². The third kappa shape index (κ3) is 5.43. The average molecular weight is 278 g/mol. The van der Waals surface area contributed by atoms with E-state index in [0.29, 0.717) is 5.56 Å². The molecule has 0 spiro atoms. The van der Waals surface area contributed by atoms with Gasteiger partial charge in [0.2, 0.25) is 0 Å². The molecule has 6 nitrogen and oxygen atoms in total. The molecule has 0 fully saturated rings. The Balaban J connectivity index is 2.60. The molecule has 0 aliphatic heterocycles. The highest BCUT2D eigenvalue weighted by atomic mass is 16.4. The molecule has 0 saturated heterocycles. The molecule has 1 aromatic carbocycles. The Hall–Kier alpha value is -2.50. The van der Waals surface area contributed by atoms with Gasteiger partial charge in [-0.1, -0.05) is 24.3 Å². The van der Waals surface area contributed by atoms with Crippen molar-refractivity contribution >= 4 is 12.0 Å². The van der Waals surface area contributed by atoms with E-state index in [-0.39, 0.29) is 18.7 Å². The predicted molar refractivity (Wildman–Crippen MR) is 74.6 cm³/mol. The number of carboxylic acid groups (broad SMARTS) is 1. The van der Waals surface area contributed by atoms with Crippen LogP contribution in [0.15, 0.2) is 36.4 Å². The normalized spacial score (nSPS) is 11.4. The van der Waals surface area contributed by atoms with Crippen LogP contribution in [0.3, 0.4) is 0 Å². The third-order valence-corrected chi connectivity index (χ3v) is 2.53. The number of nitrogens with one attached hydrogen (secondary N) is 2. The lowest BCUT2D eigenvalue weighted by molar-refractivity contribution is -0.139. The van der Waals surface area contributed by atoms with Crippen LogP contribution in [0.4, 0.5) is 4.79 Å². The van der Waals surface area contributed by atoms with E-state index in [0.717, 1.165) is 5.57 Å². The molecule has 0 unspecified atom stereocenters. The molecule has 0 aliphatic carbocycles. The fourth-order valence-corrected chi connectivity index (χ4v) is 1.51. The van der Waals surface area contributed by atoms with Gasteiger partial charge in [0.25, 0.3) is 0 Å². The first kappa shape index (κ1) is 15.6. The summed E-state index contributed by atoms with van der Waals surface area (Å²) in [6.07, 6.45) is 0.135. The Morgan fingerprint density at radius 3 is 2.40 bits per heavy atom. The first-order valence-electron chi connectivity index (χ1n) is 6.08. The van der Waals surface area contributed by atoms with E-state index in [1.807, 2.05) is 0 Å². The number of amides is 2. The second-order valence-corrected chi connectivity index (χ2v) is 4.55. The molecule has 0 heterocycles. The molecule has 0 saturated carbocycles. The van der Waals surface area contributed by atoms with E-state index < -0.39 is 18.0 Å². The predicted octanol–water partition coefficient (Wildman–Crippen LogP) is 1.26. The highest BCUT2D eigenvalue weighted by Crippen LogP contribution is 2.11. The fraction of sp³-hybridized carbons (Fsp3) is 0.286. The van der Waals surface area contributed by atoms with Gasteiger partial charge in [-0.05, 0) is 24.6 Å². The lowest BCUT2D eigenvalue weighted by atomic mass is 10.1. The van der Waals surface area contributed by atoms with Gasteiger partial charge in [0.15, 0.2) is 0 Å². The third-order valence-electron chi connectivity index (χ3n) is 2.53. The second kappa shape index (κ2) is 7.18. The zero-order chi connectivity index (χ0) is 15.1. The van der Waals surface area contributed by atoms with Crippen molar-refractivity contribution in [3.8, 4) is 5.75 Å². The van der Waals surface area contributed by atoms with Crippen molar-refractivity contribution < 1.29 is 19.8 Å². The smallest absolute Gasteiger partial charge is 0.326 e. The molecule has 1 atom stereocenters. The van der Waals surface area contributed by atoms with Gasteiger partial charge in [-0.15, -0.1) is 0 Å². The Morgan fingerprint density at radius 1 is 1.30 bits per heavy atom. The summed E-state index contributed by atoms with van der Waals surface area (Å²) in [4.78, 5) is 22.7. The molecule has 20 heavy (non-hydrogen) atoms. The molecule has 1 rings (SSSR count). The summed E-state index contributed by atoms with van der Waals surface area (Å²) < 4.78 is 0. The number of phenols is 1. The van der Waals surface area contributed by atoms with Crippen molar-refractivity contribution in [2.75, 3.05) is 6.54 Å². The van der Waals surface area contributed by atoms with Crippen LogP contribution in [-0.2, 0) is 11.2 Å². The van der Waals surface area contributed by atoms with Crippen molar-refractivity contribution in [1.82, 2.24) is 10.6 Å². The second-order valence-electron chi connectivity index (χ2n) is 4.55. The zero-order valence-electron chi connectivity index (χ0n) is 11.2. The number of aliphatic carboxylic acids is 1. The van der Waals surface area contributed by atoms with Gasteiger partial charge in [0.1, 0.15) is 11.8 Å². The van der Waals surface area contributed by atoms with Gasteiger partial charge in [0.05, 0.1) is 0 Å². The molecular formula is C14H18N2O4. The van der Waals surface area contributed by atoms with Gasteiger partial charge in [-0.2, -0.15) is 0 Å². The van der Waals surface area contributed by atoms with Crippen LogP contribution in [0.1, 0.15) is 12.5 Å². The Labute approximate surface area is 117 Å². The summed E-state index contributed by atoms with van der Waals surface area (Å²) in [5, 5.41) is 23.2. The number of hydrogen-bond acceptors (Lipinski definition) is 3. The van der Waals surface area contributed by atoms with Crippen LogP contribution in [0.25, 0.3) is 0 Å². The van der Waals surface area contributed by atoms with Crippen molar-refractivity contribution in [3.63, 3.8) is 0 Å². The summed E-state index contributed by atoms with van der Waals surface area (Å²) >= 11 is 0. The number of carboxylic acids is 1. The lowest BCUT2D eigenvalue weighted by Crippen LogP contribution is -2.47. The number of benzene rings is 1. The minimum atomic E-state index is -1.12. The minimum absolute atomic E-state index is 0.104. The van der Waals surface area contributed by atoms with Crippen LogP contribution < -0.4 is 10.6 Å². The monoisotopic (exact) mass is 278 g/mol. The quantitative estimate of drug-likeness (QED) is 0.589. The number of urea groups is 1. The molecule has 2 amide bonds. The molecule has 0 aromatic heterocycles. The first-order chi connectivity index (χ1) is 9.38. The van der Waals surface area contributed by atoms with Gasteiger partial charge in [-0.25, -0.2) is 9.59 Å². The summed E-state index contributed by atoms with van der Waals surface area (Å²) in [7, 11) is 0. The van der Waals surface area contributed by atoms with Crippen LogP contribution in [0.2, 0.25) is 0 Å². The van der Waals surface area contributed by atoms with Crippen LogP contribution >= 0.6 is 0 Å². The molecule has 0 bridgehead atoms. The first-order valence-corrected chi connectivity index (χ1v) is 6.08. The minimum Gasteiger partial charge on any atom is -0.508 e. The fourth-order valence-electron chi connectivity index (χ4n) is 1.51. The van der Waals surface area contributed by atoms with E-state index in [1.165, 1.54) is 12.1 Å². The summed E-state index contributed by atoms with van der Waals surface area (Å²) in [6, 6.07) is 4.56. The van der Waals surface area contributed by atoms with Crippen molar-refractivity contribution in [2.24, 2.45) is 0 Å². The summed E-state index contributed by atoms with van der Waals surface area (Å²) in [6.45, 7) is 5.68. The van der Waals surface area contributed by atoms with Gasteiger partial charge >= 0.3 is 12.0 Å². The number of phenolic OH excluding ortho intramolecular Hbond substituents is 1. The SMILES string of the molecule is C=C(C)CNC(=O)N[C@H](Cc1ccc(O)cc1)C(=O)O. The van der Waals surface area contributed by atoms with E-state index in [1.54, 1.807) is 19.1 Å². The number of rotatable bonds is 6. The Bertz CT molecular complexity index is 496. The number of carbonyl (C=O) groups excluding carboxylic acids is 1. The standard InChI is InChI=1S/C14H18N2O4/c1-9(2)8-15-14(20)16-12(13(18)19)7-10-3-5-11(17)6-4-10/h3-6,12,17H,1,7-8H2,2H3,(H,18,19)(H2,15,16,20)/t12-/m1/s1.